The minimum absolute atomic E-state index is 0.222. The van der Waals surface area contributed by atoms with Crippen molar-refractivity contribution in [1.82, 2.24) is 0 Å². The molecule has 0 amide bonds. The molecule has 1 rings (SSSR count). The largest absolute Gasteiger partial charge is 0.633 e. The van der Waals surface area contributed by atoms with Crippen molar-refractivity contribution in [2.24, 2.45) is 0 Å². The number of hydroxylamine groups is 3. The number of rotatable bonds is 11. The zero-order valence-electron chi connectivity index (χ0n) is 14.5. The molecule has 0 aliphatic carbocycles. The number of quaternary nitrogens is 1. The van der Waals surface area contributed by atoms with Gasteiger partial charge < -0.3 is 19.3 Å². The van der Waals surface area contributed by atoms with Gasteiger partial charge in [0, 0.05) is 0 Å². The molecule has 0 spiro atoms. The minimum Gasteiger partial charge on any atom is -0.633 e. The van der Waals surface area contributed by atoms with E-state index in [2.05, 4.69) is 0 Å². The molecule has 5 heteroatoms. The van der Waals surface area contributed by atoms with Gasteiger partial charge in [0.1, 0.15) is 13.2 Å². The number of likely N-dealkylation sites (N-methyl/N-ethyl adjacent to an activating group) is 1. The molecule has 0 aliphatic heterocycles. The number of esters is 1. The summed E-state index contributed by atoms with van der Waals surface area (Å²) in [6.45, 7) is 8.19. The third-order valence-electron chi connectivity index (χ3n) is 4.16. The number of carbonyl (C=O) groups is 1. The fraction of sp³-hybridized carbons (Fsp3) is 0.611. The first-order valence-electron chi connectivity index (χ1n) is 8.42. The van der Waals surface area contributed by atoms with Crippen LogP contribution < -0.4 is 0 Å². The molecule has 0 fully saturated rings. The molecule has 0 radical (unpaired) electrons. The number of ether oxygens (including phenoxy) is 2. The van der Waals surface area contributed by atoms with Crippen LogP contribution in [-0.4, -0.2) is 50.1 Å². The smallest absolute Gasteiger partial charge is 0.313 e. The summed E-state index contributed by atoms with van der Waals surface area (Å²) in [5.74, 6) is -0.458. The molecule has 1 atom stereocenters. The summed E-state index contributed by atoms with van der Waals surface area (Å²) in [6, 6.07) is 9.64. The van der Waals surface area contributed by atoms with Crippen molar-refractivity contribution in [3.8, 4) is 0 Å². The predicted molar refractivity (Wildman–Crippen MR) is 90.8 cm³/mol. The summed E-state index contributed by atoms with van der Waals surface area (Å²) >= 11 is 0. The van der Waals surface area contributed by atoms with Gasteiger partial charge >= 0.3 is 5.97 Å². The second-order valence-corrected chi connectivity index (χ2v) is 5.57. The topological polar surface area (TPSA) is 58.6 Å². The first-order chi connectivity index (χ1) is 11.1. The van der Waals surface area contributed by atoms with E-state index in [9.17, 15) is 10.0 Å². The number of nitrogens with zero attached hydrogens (tertiary/aromatic N) is 1. The quantitative estimate of drug-likeness (QED) is 0.272. The second-order valence-electron chi connectivity index (χ2n) is 5.57. The molecule has 0 saturated carbocycles. The predicted octanol–water partition coefficient (Wildman–Crippen LogP) is 3.09. The van der Waals surface area contributed by atoms with Gasteiger partial charge in [-0.05, 0) is 25.8 Å². The lowest BCUT2D eigenvalue weighted by Gasteiger charge is -2.40. The van der Waals surface area contributed by atoms with Crippen molar-refractivity contribution in [2.45, 2.75) is 33.1 Å². The van der Waals surface area contributed by atoms with Gasteiger partial charge in [-0.15, -0.1) is 0 Å². The average Bonchev–Trinajstić information content (AvgIpc) is 2.59. The standard InChI is InChI=1S/C18H29NO4/c1-4-17(16-10-8-7-9-11-16)18(20)23-15-14-22-13-12-19(21,5-2)6-3/h7-11,17H,4-6,12-15H2,1-3H3. The first kappa shape index (κ1) is 19.6. The van der Waals surface area contributed by atoms with Crippen LogP contribution in [0.2, 0.25) is 0 Å². The van der Waals surface area contributed by atoms with E-state index < -0.39 is 0 Å². The number of carbonyl (C=O) groups excluding carboxylic acids is 1. The van der Waals surface area contributed by atoms with Gasteiger partial charge in [-0.25, -0.2) is 0 Å². The van der Waals surface area contributed by atoms with Crippen LogP contribution in [0.3, 0.4) is 0 Å². The molecule has 0 bridgehead atoms. The summed E-state index contributed by atoms with van der Waals surface area (Å²) < 4.78 is 10.5. The lowest BCUT2D eigenvalue weighted by molar-refractivity contribution is -0.877. The van der Waals surface area contributed by atoms with E-state index in [1.807, 2.05) is 51.1 Å². The Labute approximate surface area is 139 Å². The van der Waals surface area contributed by atoms with Crippen molar-refractivity contribution in [2.75, 3.05) is 39.5 Å². The molecule has 0 aliphatic rings. The van der Waals surface area contributed by atoms with Gasteiger partial charge in [0.15, 0.2) is 0 Å². The summed E-state index contributed by atoms with van der Waals surface area (Å²) in [5, 5.41) is 12.0. The lowest BCUT2D eigenvalue weighted by atomic mass is 9.97. The van der Waals surface area contributed by atoms with E-state index in [4.69, 9.17) is 9.47 Å². The molecule has 23 heavy (non-hydrogen) atoms. The van der Waals surface area contributed by atoms with Gasteiger partial charge in [0.05, 0.1) is 32.2 Å². The van der Waals surface area contributed by atoms with Gasteiger partial charge in [-0.3, -0.25) is 4.79 Å². The van der Waals surface area contributed by atoms with Gasteiger partial charge in [-0.2, -0.15) is 0 Å². The van der Waals surface area contributed by atoms with Crippen molar-refractivity contribution in [3.05, 3.63) is 41.1 Å². The molecule has 5 nitrogen and oxygen atoms in total. The fourth-order valence-electron chi connectivity index (χ4n) is 2.40. The third-order valence-corrected chi connectivity index (χ3v) is 4.16. The summed E-state index contributed by atoms with van der Waals surface area (Å²) in [7, 11) is 0. The molecule has 0 heterocycles. The number of benzene rings is 1. The summed E-state index contributed by atoms with van der Waals surface area (Å²) in [5.41, 5.74) is 0.972. The number of hydrogen-bond donors (Lipinski definition) is 0. The Kier molecular flexibility index (Phi) is 8.84. The van der Waals surface area contributed by atoms with E-state index >= 15 is 0 Å². The van der Waals surface area contributed by atoms with Crippen molar-refractivity contribution < 1.29 is 18.9 Å². The van der Waals surface area contributed by atoms with Crippen molar-refractivity contribution in [1.29, 1.82) is 0 Å². The van der Waals surface area contributed by atoms with Crippen LogP contribution in [0, 0.1) is 5.21 Å². The van der Waals surface area contributed by atoms with E-state index in [1.54, 1.807) is 0 Å². The Morgan fingerprint density at radius 1 is 1.09 bits per heavy atom. The average molecular weight is 323 g/mol. The molecular weight excluding hydrogens is 294 g/mol. The third kappa shape index (κ3) is 6.69. The van der Waals surface area contributed by atoms with Gasteiger partial charge in [-0.1, -0.05) is 37.3 Å². The second kappa shape index (κ2) is 10.4. The Morgan fingerprint density at radius 2 is 1.74 bits per heavy atom. The zero-order chi connectivity index (χ0) is 17.1. The molecule has 0 N–H and O–H groups in total. The highest BCUT2D eigenvalue weighted by atomic mass is 16.6. The summed E-state index contributed by atoms with van der Waals surface area (Å²) in [4.78, 5) is 12.1. The van der Waals surface area contributed by atoms with Crippen LogP contribution >= 0.6 is 0 Å². The maximum Gasteiger partial charge on any atom is 0.313 e. The van der Waals surface area contributed by atoms with E-state index in [1.165, 1.54) is 0 Å². The highest BCUT2D eigenvalue weighted by molar-refractivity contribution is 5.78. The molecule has 130 valence electrons. The Hall–Kier alpha value is -1.43. The van der Waals surface area contributed by atoms with Crippen LogP contribution in [-0.2, 0) is 14.3 Å². The highest BCUT2D eigenvalue weighted by Crippen LogP contribution is 2.20. The summed E-state index contributed by atoms with van der Waals surface area (Å²) in [6.07, 6.45) is 0.701. The van der Waals surface area contributed by atoms with Crippen LogP contribution in [0.15, 0.2) is 30.3 Å². The van der Waals surface area contributed by atoms with Crippen molar-refractivity contribution >= 4 is 5.97 Å². The fourth-order valence-corrected chi connectivity index (χ4v) is 2.40. The monoisotopic (exact) mass is 323 g/mol. The van der Waals surface area contributed by atoms with Crippen LogP contribution in [0.4, 0.5) is 0 Å². The number of hydrogen-bond acceptors (Lipinski definition) is 4. The van der Waals surface area contributed by atoms with Gasteiger partial charge in [0.25, 0.3) is 0 Å². The molecule has 0 saturated heterocycles. The van der Waals surface area contributed by atoms with Crippen LogP contribution in [0.25, 0.3) is 0 Å². The van der Waals surface area contributed by atoms with E-state index in [0.29, 0.717) is 39.3 Å². The maximum atomic E-state index is 12.1. The first-order valence-corrected chi connectivity index (χ1v) is 8.42. The van der Waals surface area contributed by atoms with Gasteiger partial charge in [0.2, 0.25) is 0 Å². The Morgan fingerprint density at radius 3 is 2.30 bits per heavy atom. The molecule has 1 aromatic carbocycles. The van der Waals surface area contributed by atoms with E-state index in [0.717, 1.165) is 5.56 Å². The normalized spacial score (nSPS) is 12.9. The highest BCUT2D eigenvalue weighted by Gasteiger charge is 2.19. The maximum absolute atomic E-state index is 12.1. The SMILES string of the molecule is CCC(C(=O)OCCOCC[N+]([O-])(CC)CC)c1ccccc1. The molecule has 1 unspecified atom stereocenters. The van der Waals surface area contributed by atoms with Crippen LogP contribution in [0.5, 0.6) is 0 Å². The van der Waals surface area contributed by atoms with E-state index in [-0.39, 0.29) is 23.1 Å². The van der Waals surface area contributed by atoms with Crippen LogP contribution in [0.1, 0.15) is 38.7 Å². The zero-order valence-corrected chi connectivity index (χ0v) is 14.5. The molecular formula is C18H29NO4. The molecule has 1 aromatic rings. The Bertz CT molecular complexity index is 446. The lowest BCUT2D eigenvalue weighted by Crippen LogP contribution is -2.44. The van der Waals surface area contributed by atoms with Crippen molar-refractivity contribution in [3.63, 3.8) is 0 Å². The minimum atomic E-state index is -0.244. The Balaban J connectivity index is 2.26. The molecule has 0 aromatic heterocycles.